The van der Waals surface area contributed by atoms with E-state index in [1.54, 1.807) is 0 Å². The maximum Gasteiger partial charge on any atom is 0.107 e. The van der Waals surface area contributed by atoms with E-state index in [2.05, 4.69) is 91.5 Å². The van der Waals surface area contributed by atoms with Gasteiger partial charge < -0.3 is 9.80 Å². The Morgan fingerprint density at radius 2 is 1.10 bits per heavy atom. The predicted molar refractivity (Wildman–Crippen MR) is 85.9 cm³/mol. The normalized spacial score (nSPS) is 15.2. The summed E-state index contributed by atoms with van der Waals surface area (Å²) in [6.07, 6.45) is 4.62. The molecule has 0 bridgehead atoms. The van der Waals surface area contributed by atoms with Gasteiger partial charge in [-0.15, -0.1) is 0 Å². The van der Waals surface area contributed by atoms with Gasteiger partial charge in [-0.2, -0.15) is 0 Å². The summed E-state index contributed by atoms with van der Waals surface area (Å²) < 4.78 is 0. The fourth-order valence-corrected chi connectivity index (χ4v) is 2.80. The Morgan fingerprint density at radius 1 is 0.700 bits per heavy atom. The van der Waals surface area contributed by atoms with E-state index >= 15 is 0 Å². The second-order valence-electron chi connectivity index (χ2n) is 5.32. The van der Waals surface area contributed by atoms with Crippen LogP contribution in [0.2, 0.25) is 0 Å². The molecule has 2 aromatic rings. The molecule has 0 fully saturated rings. The fraction of sp³-hybridized carbons (Fsp3) is 0.222. The second-order valence-corrected chi connectivity index (χ2v) is 5.32. The minimum absolute atomic E-state index is 0.289. The monoisotopic (exact) mass is 264 g/mol. The van der Waals surface area contributed by atoms with Crippen molar-refractivity contribution in [3.63, 3.8) is 0 Å². The zero-order valence-electron chi connectivity index (χ0n) is 12.2. The second kappa shape index (κ2) is 5.04. The maximum absolute atomic E-state index is 2.32. The highest BCUT2D eigenvalue weighted by Crippen LogP contribution is 2.32. The summed E-state index contributed by atoms with van der Waals surface area (Å²) in [6, 6.07) is 17.0. The first-order valence-electron chi connectivity index (χ1n) is 7.05. The molecule has 2 nitrogen and oxygen atoms in total. The number of hydrogen-bond donors (Lipinski definition) is 0. The first kappa shape index (κ1) is 12.8. The van der Waals surface area contributed by atoms with Crippen LogP contribution in [0.4, 0.5) is 11.4 Å². The van der Waals surface area contributed by atoms with Crippen LogP contribution < -0.4 is 9.80 Å². The highest BCUT2D eigenvalue weighted by atomic mass is 15.4. The van der Waals surface area contributed by atoms with E-state index in [0.29, 0.717) is 0 Å². The molecule has 0 aromatic heterocycles. The van der Waals surface area contributed by atoms with Crippen molar-refractivity contribution in [3.05, 3.63) is 72.1 Å². The Bertz CT molecular complexity index is 590. The van der Waals surface area contributed by atoms with E-state index in [0.717, 1.165) is 0 Å². The van der Waals surface area contributed by atoms with E-state index < -0.39 is 0 Å². The number of hydrogen-bond acceptors (Lipinski definition) is 2. The van der Waals surface area contributed by atoms with Gasteiger partial charge >= 0.3 is 0 Å². The van der Waals surface area contributed by atoms with E-state index in [4.69, 9.17) is 0 Å². The topological polar surface area (TPSA) is 6.48 Å². The number of nitrogens with zero attached hydrogens (tertiary/aromatic N) is 2. The van der Waals surface area contributed by atoms with Gasteiger partial charge in [-0.25, -0.2) is 0 Å². The van der Waals surface area contributed by atoms with Crippen molar-refractivity contribution in [3.8, 4) is 0 Å². The van der Waals surface area contributed by atoms with Crippen molar-refractivity contribution in [2.45, 2.75) is 26.9 Å². The predicted octanol–water partition coefficient (Wildman–Crippen LogP) is 4.45. The van der Waals surface area contributed by atoms with Gasteiger partial charge in [0.2, 0.25) is 0 Å². The molecular formula is C18H20N2. The zero-order valence-corrected chi connectivity index (χ0v) is 12.2. The average molecular weight is 264 g/mol. The molecule has 0 unspecified atom stereocenters. The Hall–Kier alpha value is -2.22. The molecular weight excluding hydrogens is 244 g/mol. The van der Waals surface area contributed by atoms with Crippen LogP contribution in [-0.4, -0.2) is 6.17 Å². The molecule has 0 saturated carbocycles. The summed E-state index contributed by atoms with van der Waals surface area (Å²) in [4.78, 5) is 4.64. The third-order valence-electron chi connectivity index (χ3n) is 3.98. The quantitative estimate of drug-likeness (QED) is 0.790. The first-order valence-corrected chi connectivity index (χ1v) is 7.05. The van der Waals surface area contributed by atoms with Crippen molar-refractivity contribution in [2.24, 2.45) is 0 Å². The molecule has 1 heterocycles. The van der Waals surface area contributed by atoms with E-state index in [1.165, 1.54) is 22.5 Å². The standard InChI is InChI=1S/C18H20N2/c1-14-8-4-6-10-17(14)19-12-13-20(16(19)3)18-11-7-5-9-15(18)2/h4-13,16H,1-3H3. The molecule has 0 spiro atoms. The van der Waals surface area contributed by atoms with Crippen LogP contribution in [0.15, 0.2) is 60.9 Å². The fourth-order valence-electron chi connectivity index (χ4n) is 2.80. The van der Waals surface area contributed by atoms with Gasteiger partial charge in [0.05, 0.1) is 0 Å². The molecule has 0 N–H and O–H groups in total. The van der Waals surface area contributed by atoms with Gasteiger partial charge in [0, 0.05) is 23.8 Å². The van der Waals surface area contributed by atoms with Gasteiger partial charge in [-0.1, -0.05) is 36.4 Å². The molecule has 0 radical (unpaired) electrons. The number of aryl methyl sites for hydroxylation is 2. The Balaban J connectivity index is 1.93. The molecule has 0 atom stereocenters. The van der Waals surface area contributed by atoms with Crippen LogP contribution in [0, 0.1) is 13.8 Å². The number of benzene rings is 2. The molecule has 0 saturated heterocycles. The van der Waals surface area contributed by atoms with E-state index in [1.807, 2.05) is 0 Å². The third kappa shape index (κ3) is 2.07. The lowest BCUT2D eigenvalue weighted by Crippen LogP contribution is -2.36. The minimum atomic E-state index is 0.289. The molecule has 102 valence electrons. The van der Waals surface area contributed by atoms with Gasteiger partial charge in [-0.05, 0) is 44.0 Å². The Kier molecular flexibility index (Phi) is 3.23. The van der Waals surface area contributed by atoms with Crippen LogP contribution in [0.3, 0.4) is 0 Å². The van der Waals surface area contributed by atoms with E-state index in [9.17, 15) is 0 Å². The molecule has 1 aliphatic rings. The Labute approximate surface area is 121 Å². The Morgan fingerprint density at radius 3 is 1.50 bits per heavy atom. The average Bonchev–Trinajstić information content (AvgIpc) is 2.82. The summed E-state index contributed by atoms with van der Waals surface area (Å²) in [5, 5.41) is 0. The molecule has 0 amide bonds. The number of rotatable bonds is 2. The van der Waals surface area contributed by atoms with Crippen molar-refractivity contribution in [1.29, 1.82) is 0 Å². The minimum Gasteiger partial charge on any atom is -0.325 e. The lowest BCUT2D eigenvalue weighted by molar-refractivity contribution is 0.746. The summed E-state index contributed by atoms with van der Waals surface area (Å²) in [7, 11) is 0. The van der Waals surface area contributed by atoms with Crippen molar-refractivity contribution in [1.82, 2.24) is 0 Å². The van der Waals surface area contributed by atoms with Crippen molar-refractivity contribution < 1.29 is 0 Å². The lowest BCUT2D eigenvalue weighted by Gasteiger charge is -2.31. The number of para-hydroxylation sites is 2. The van der Waals surface area contributed by atoms with Gasteiger partial charge in [0.15, 0.2) is 0 Å². The highest BCUT2D eigenvalue weighted by molar-refractivity contribution is 5.65. The maximum atomic E-state index is 2.32. The van der Waals surface area contributed by atoms with E-state index in [-0.39, 0.29) is 6.17 Å². The van der Waals surface area contributed by atoms with Gasteiger partial charge in [-0.3, -0.25) is 0 Å². The number of anilines is 2. The van der Waals surface area contributed by atoms with Gasteiger partial charge in [0.1, 0.15) is 6.17 Å². The lowest BCUT2D eigenvalue weighted by atomic mass is 10.1. The van der Waals surface area contributed by atoms with Gasteiger partial charge in [0.25, 0.3) is 0 Å². The summed E-state index contributed by atoms with van der Waals surface area (Å²) in [5.41, 5.74) is 5.14. The largest absolute Gasteiger partial charge is 0.325 e. The van der Waals surface area contributed by atoms with Crippen LogP contribution >= 0.6 is 0 Å². The third-order valence-corrected chi connectivity index (χ3v) is 3.98. The summed E-state index contributed by atoms with van der Waals surface area (Å²) in [6.45, 7) is 6.55. The molecule has 2 heteroatoms. The SMILES string of the molecule is Cc1ccccc1N1C=CN(c2ccccc2C)C1C. The molecule has 1 aliphatic heterocycles. The molecule has 2 aromatic carbocycles. The molecule has 20 heavy (non-hydrogen) atoms. The molecule has 3 rings (SSSR count). The molecule has 0 aliphatic carbocycles. The summed E-state index contributed by atoms with van der Waals surface area (Å²) in [5.74, 6) is 0. The van der Waals surface area contributed by atoms with Crippen LogP contribution in [0.1, 0.15) is 18.1 Å². The van der Waals surface area contributed by atoms with Crippen molar-refractivity contribution >= 4 is 11.4 Å². The first-order chi connectivity index (χ1) is 9.68. The van der Waals surface area contributed by atoms with Crippen LogP contribution in [0.25, 0.3) is 0 Å². The summed E-state index contributed by atoms with van der Waals surface area (Å²) >= 11 is 0. The zero-order chi connectivity index (χ0) is 14.1. The highest BCUT2D eigenvalue weighted by Gasteiger charge is 2.25. The van der Waals surface area contributed by atoms with Crippen molar-refractivity contribution in [2.75, 3.05) is 9.80 Å². The van der Waals surface area contributed by atoms with Crippen LogP contribution in [-0.2, 0) is 0 Å². The smallest absolute Gasteiger partial charge is 0.107 e. The van der Waals surface area contributed by atoms with Crippen LogP contribution in [0.5, 0.6) is 0 Å².